The summed E-state index contributed by atoms with van der Waals surface area (Å²) in [5, 5.41) is 2.40. The van der Waals surface area contributed by atoms with E-state index in [4.69, 9.17) is 10.2 Å². The third-order valence-corrected chi connectivity index (χ3v) is 1.49. The molecule has 0 saturated heterocycles. The first-order valence-electron chi connectivity index (χ1n) is 2.97. The van der Waals surface area contributed by atoms with Crippen LogP contribution < -0.4 is 11.1 Å². The van der Waals surface area contributed by atoms with Gasteiger partial charge >= 0.3 is 0 Å². The highest BCUT2D eigenvalue weighted by Gasteiger charge is 2.07. The van der Waals surface area contributed by atoms with Crippen LogP contribution in [0.5, 0.6) is 0 Å². The Morgan fingerprint density at radius 2 is 2.45 bits per heavy atom. The molecule has 0 spiro atoms. The summed E-state index contributed by atoms with van der Waals surface area (Å²) in [4.78, 5) is 11.0. The van der Waals surface area contributed by atoms with E-state index in [9.17, 15) is 4.79 Å². The number of amides is 1. The van der Waals surface area contributed by atoms with E-state index in [0.717, 1.165) is 0 Å². The molecule has 0 fully saturated rings. The molecule has 1 heterocycles. The van der Waals surface area contributed by atoms with E-state index in [1.54, 1.807) is 12.1 Å². The van der Waals surface area contributed by atoms with Crippen LogP contribution in [-0.4, -0.2) is 12.6 Å². The largest absolute Gasteiger partial charge is 0.444 e. The van der Waals surface area contributed by atoms with Gasteiger partial charge in [0, 0.05) is 0 Å². The van der Waals surface area contributed by atoms with Crippen LogP contribution in [0.25, 0.3) is 0 Å². The van der Waals surface area contributed by atoms with Crippen molar-refractivity contribution in [2.24, 2.45) is 5.73 Å². The number of rotatable bonds is 2. The molecule has 0 aliphatic carbocycles. The highest BCUT2D eigenvalue weighted by atomic mass is 79.9. The highest BCUT2D eigenvalue weighted by molar-refractivity contribution is 9.10. The Morgan fingerprint density at radius 1 is 1.73 bits per heavy atom. The average Bonchev–Trinajstić information content (AvgIpc) is 2.36. The zero-order chi connectivity index (χ0) is 8.27. The monoisotopic (exact) mass is 218 g/mol. The van der Waals surface area contributed by atoms with Crippen molar-refractivity contribution in [2.45, 2.75) is 0 Å². The van der Waals surface area contributed by atoms with E-state index in [0.29, 0.717) is 4.67 Å². The molecule has 11 heavy (non-hydrogen) atoms. The van der Waals surface area contributed by atoms with Crippen LogP contribution in [-0.2, 0) is 0 Å². The van der Waals surface area contributed by atoms with E-state index in [1.807, 2.05) is 0 Å². The fourth-order valence-corrected chi connectivity index (χ4v) is 0.923. The Balaban J connectivity index is 2.69. The summed E-state index contributed by atoms with van der Waals surface area (Å²) in [6.45, 7) is 0.108. The van der Waals surface area contributed by atoms with Crippen LogP contribution in [0.15, 0.2) is 21.2 Å². The van der Waals surface area contributed by atoms with Crippen LogP contribution in [0.4, 0.5) is 0 Å². The van der Waals surface area contributed by atoms with E-state index < -0.39 is 0 Å². The fourth-order valence-electron chi connectivity index (χ4n) is 0.616. The number of halogens is 1. The summed E-state index contributed by atoms with van der Waals surface area (Å²) in [6, 6.07) is 3.21. The number of furan rings is 1. The molecule has 1 rings (SSSR count). The molecule has 1 aromatic rings. The number of carbonyl (C=O) groups excluding carboxylic acids is 1. The first kappa shape index (κ1) is 8.29. The van der Waals surface area contributed by atoms with Gasteiger partial charge in [-0.05, 0) is 28.1 Å². The van der Waals surface area contributed by atoms with Gasteiger partial charge in [-0.25, -0.2) is 0 Å². The van der Waals surface area contributed by atoms with Crippen molar-refractivity contribution in [2.75, 3.05) is 6.67 Å². The molecule has 3 N–H and O–H groups in total. The third-order valence-electron chi connectivity index (χ3n) is 1.06. The quantitative estimate of drug-likeness (QED) is 0.719. The summed E-state index contributed by atoms with van der Waals surface area (Å²) in [7, 11) is 0. The van der Waals surface area contributed by atoms with Crippen molar-refractivity contribution in [3.8, 4) is 0 Å². The maximum absolute atomic E-state index is 11.0. The van der Waals surface area contributed by atoms with Crippen LogP contribution in [0.2, 0.25) is 0 Å². The Bertz CT molecular complexity index is 259. The zero-order valence-electron chi connectivity index (χ0n) is 5.63. The van der Waals surface area contributed by atoms with E-state index >= 15 is 0 Å². The smallest absolute Gasteiger partial charge is 0.288 e. The van der Waals surface area contributed by atoms with Gasteiger partial charge in [-0.15, -0.1) is 0 Å². The summed E-state index contributed by atoms with van der Waals surface area (Å²) in [5.74, 6) is -0.0551. The zero-order valence-corrected chi connectivity index (χ0v) is 7.22. The van der Waals surface area contributed by atoms with Gasteiger partial charge in [0.15, 0.2) is 10.4 Å². The van der Waals surface area contributed by atoms with E-state index in [2.05, 4.69) is 21.2 Å². The lowest BCUT2D eigenvalue weighted by molar-refractivity contribution is 0.0926. The molecule has 1 aromatic heterocycles. The number of nitrogens with one attached hydrogen (secondary N) is 1. The molecular formula is C6H7BrN2O2. The van der Waals surface area contributed by atoms with E-state index in [1.165, 1.54) is 0 Å². The molecule has 0 bridgehead atoms. The van der Waals surface area contributed by atoms with Gasteiger partial charge in [-0.3, -0.25) is 4.79 Å². The topological polar surface area (TPSA) is 68.3 Å². The molecule has 1 amide bonds. The molecule has 0 radical (unpaired) electrons. The average molecular weight is 219 g/mol. The second kappa shape index (κ2) is 3.54. The van der Waals surface area contributed by atoms with Gasteiger partial charge in [0.05, 0.1) is 6.67 Å². The molecule has 0 aromatic carbocycles. The minimum atomic E-state index is -0.307. The van der Waals surface area contributed by atoms with Gasteiger partial charge in [-0.2, -0.15) is 0 Å². The molecular weight excluding hydrogens is 212 g/mol. The second-order valence-corrected chi connectivity index (χ2v) is 2.60. The van der Waals surface area contributed by atoms with Crippen molar-refractivity contribution in [1.82, 2.24) is 5.32 Å². The minimum absolute atomic E-state index is 0.108. The predicted molar refractivity (Wildman–Crippen MR) is 42.9 cm³/mol. The lowest BCUT2D eigenvalue weighted by Crippen LogP contribution is -2.28. The first-order chi connectivity index (χ1) is 5.24. The van der Waals surface area contributed by atoms with Gasteiger partial charge in [-0.1, -0.05) is 0 Å². The Morgan fingerprint density at radius 3 is 2.91 bits per heavy atom. The van der Waals surface area contributed by atoms with E-state index in [-0.39, 0.29) is 18.3 Å². The Kier molecular flexibility index (Phi) is 2.67. The molecule has 0 saturated carbocycles. The number of hydrogen-bond acceptors (Lipinski definition) is 3. The molecule has 0 aliphatic heterocycles. The van der Waals surface area contributed by atoms with Crippen molar-refractivity contribution in [3.63, 3.8) is 0 Å². The van der Waals surface area contributed by atoms with Crippen LogP contribution in [0, 0.1) is 0 Å². The summed E-state index contributed by atoms with van der Waals surface area (Å²) >= 11 is 3.07. The van der Waals surface area contributed by atoms with Gasteiger partial charge in [0.25, 0.3) is 5.91 Å². The number of nitrogens with two attached hydrogens (primary N) is 1. The summed E-state index contributed by atoms with van der Waals surface area (Å²) in [6.07, 6.45) is 0. The normalized spacial score (nSPS) is 9.64. The first-order valence-corrected chi connectivity index (χ1v) is 3.77. The summed E-state index contributed by atoms with van der Waals surface area (Å²) in [5.41, 5.74) is 5.09. The van der Waals surface area contributed by atoms with Crippen molar-refractivity contribution >= 4 is 21.8 Å². The molecule has 0 aliphatic rings. The summed E-state index contributed by atoms with van der Waals surface area (Å²) < 4.78 is 5.47. The molecule has 4 nitrogen and oxygen atoms in total. The standard InChI is InChI=1S/C6H7BrN2O2/c7-5-2-1-4(11-5)6(10)9-3-8/h1-2H,3,8H2,(H,9,10). The lowest BCUT2D eigenvalue weighted by atomic mass is 10.4. The molecule has 5 heteroatoms. The molecule has 0 atom stereocenters. The van der Waals surface area contributed by atoms with Gasteiger partial charge < -0.3 is 15.5 Å². The third kappa shape index (κ3) is 2.06. The van der Waals surface area contributed by atoms with Gasteiger partial charge in [0.1, 0.15) is 0 Å². The SMILES string of the molecule is NCNC(=O)c1ccc(Br)o1. The predicted octanol–water partition coefficient (Wildman–Crippen LogP) is 0.688. The number of carbonyl (C=O) groups is 1. The number of hydrogen-bond donors (Lipinski definition) is 2. The van der Waals surface area contributed by atoms with Crippen LogP contribution in [0.3, 0.4) is 0 Å². The van der Waals surface area contributed by atoms with Crippen molar-refractivity contribution in [3.05, 3.63) is 22.6 Å². The van der Waals surface area contributed by atoms with Crippen molar-refractivity contribution < 1.29 is 9.21 Å². The van der Waals surface area contributed by atoms with Crippen molar-refractivity contribution in [1.29, 1.82) is 0 Å². The Labute approximate surface area is 71.9 Å². The fraction of sp³-hybridized carbons (Fsp3) is 0.167. The van der Waals surface area contributed by atoms with Crippen LogP contribution >= 0.6 is 15.9 Å². The minimum Gasteiger partial charge on any atom is -0.444 e. The van der Waals surface area contributed by atoms with Gasteiger partial charge in [0.2, 0.25) is 0 Å². The highest BCUT2D eigenvalue weighted by Crippen LogP contribution is 2.13. The maximum atomic E-state index is 11.0. The molecule has 0 unspecified atom stereocenters. The van der Waals surface area contributed by atoms with Crippen LogP contribution in [0.1, 0.15) is 10.6 Å². The molecule has 60 valence electrons. The second-order valence-electron chi connectivity index (χ2n) is 1.81. The Hall–Kier alpha value is -0.810. The maximum Gasteiger partial charge on any atom is 0.288 e. The lowest BCUT2D eigenvalue weighted by Gasteiger charge is -1.95.